The topological polar surface area (TPSA) is 316 Å². The van der Waals surface area contributed by atoms with Crippen molar-refractivity contribution >= 4 is 47.6 Å². The maximum absolute atomic E-state index is 13.3. The third kappa shape index (κ3) is 15.9. The van der Waals surface area contributed by atoms with Gasteiger partial charge in [-0.3, -0.25) is 28.9 Å². The SMILES string of the molecule is CC(C)(C)OC(=O)N1CCCC[C@H]1c1nc(-c2ccc(C(=O)Nc3cc(-c4ccc(F)cc4)ccn3)cc2)c(C(N)=O)n1N.NC(=O)c1c(-c2ccc(C(=O)Nc3cc(-c4ccc(F)cc4)ccn3)cc2)nc([C@@H]2CCCCN2)n1N.O=CC(F)(F)F. The molecule has 87 heavy (non-hydrogen) atoms. The zero-order chi connectivity index (χ0) is 62.7. The number of likely N-dealkylation sites (tertiary alicyclic amines) is 1. The van der Waals surface area contributed by atoms with Gasteiger partial charge in [0.05, 0.1) is 12.1 Å². The van der Waals surface area contributed by atoms with E-state index in [9.17, 15) is 45.9 Å². The van der Waals surface area contributed by atoms with Crippen LogP contribution in [0.2, 0.25) is 0 Å². The first-order chi connectivity index (χ1) is 41.4. The molecule has 21 nitrogen and oxygen atoms in total. The van der Waals surface area contributed by atoms with Gasteiger partial charge in [-0.05, 0) is 154 Å². The number of benzene rings is 4. The van der Waals surface area contributed by atoms with E-state index in [2.05, 4.69) is 30.9 Å². The third-order valence-electron chi connectivity index (χ3n) is 13.7. The van der Waals surface area contributed by atoms with E-state index in [1.165, 1.54) is 28.9 Å². The molecule has 26 heteroatoms. The van der Waals surface area contributed by atoms with Crippen LogP contribution in [-0.2, 0) is 9.53 Å². The molecule has 8 aromatic rings. The zero-order valence-corrected chi connectivity index (χ0v) is 47.3. The number of ether oxygens (including phenoxy) is 1. The van der Waals surface area contributed by atoms with Gasteiger partial charge in [-0.25, -0.2) is 42.9 Å². The Morgan fingerprint density at radius 1 is 0.598 bits per heavy atom. The molecule has 0 bridgehead atoms. The Morgan fingerprint density at radius 2 is 1.02 bits per heavy atom. The number of aldehydes is 1. The Kier molecular flexibility index (Phi) is 19.5. The molecular formula is C61H61F5N14O7. The lowest BCUT2D eigenvalue weighted by Gasteiger charge is -2.36. The molecule has 2 aliphatic rings. The lowest BCUT2D eigenvalue weighted by Crippen LogP contribution is -2.43. The Labute approximate surface area is 495 Å². The molecule has 2 fully saturated rings. The molecular weight excluding hydrogens is 1140 g/mol. The number of nitrogen functional groups attached to an aromatic ring is 2. The van der Waals surface area contributed by atoms with E-state index in [4.69, 9.17) is 37.7 Å². The van der Waals surface area contributed by atoms with Crippen LogP contribution in [0.1, 0.15) is 125 Å². The van der Waals surface area contributed by atoms with Crippen LogP contribution in [0.5, 0.6) is 0 Å². The number of nitrogens with two attached hydrogens (primary N) is 4. The highest BCUT2D eigenvalue weighted by Gasteiger charge is 2.36. The third-order valence-corrected chi connectivity index (χ3v) is 13.7. The standard InChI is InChI=1S/C32H34FN7O4.C27H26FN7O2.C2HF3O/c1-32(2,3)44-31(43)39-17-5-4-6-24(39)29-38-26(27(28(34)41)40(29)35)20-7-9-21(10-8-20)30(42)37-25-18-22(15-16-36-25)19-11-13-23(33)14-12-19;28-20-10-8-16(9-11-20)19-12-14-32-22(15-19)33-27(37)18-6-4-17(5-7-18)23-24(25(29)36)35(30)26(34-23)21-3-1-2-13-31-21;3-2(4,5)1-6/h7-16,18,24H,4-6,17,35H2,1-3H3,(H2,34,41)(H,36,37,42);4-12,14-15,21,31H,1-3,13,30H2,(H2,29,36)(H,32,33,37);1H/t24-;21-;/m00./s1. The average Bonchev–Trinajstić information content (AvgIpc) is 1.86. The van der Waals surface area contributed by atoms with Crippen molar-refractivity contribution in [2.45, 2.75) is 83.2 Å². The van der Waals surface area contributed by atoms with Gasteiger partial charge in [0, 0.05) is 41.2 Å². The Balaban J connectivity index is 0.000000209. The van der Waals surface area contributed by atoms with Crippen LogP contribution in [0, 0.1) is 11.6 Å². The Morgan fingerprint density at radius 3 is 1.44 bits per heavy atom. The molecule has 11 N–H and O–H groups in total. The Hall–Kier alpha value is -10.4. The minimum atomic E-state index is -4.64. The predicted molar refractivity (Wildman–Crippen MR) is 314 cm³/mol. The number of rotatable bonds is 12. The fourth-order valence-electron chi connectivity index (χ4n) is 9.64. The van der Waals surface area contributed by atoms with E-state index >= 15 is 0 Å². The summed E-state index contributed by atoms with van der Waals surface area (Å²) in [6, 6.07) is 31.6. The van der Waals surface area contributed by atoms with Crippen LogP contribution in [0.25, 0.3) is 44.8 Å². The predicted octanol–water partition coefficient (Wildman–Crippen LogP) is 9.66. The normalized spacial score (nSPS) is 14.9. The second-order valence-electron chi connectivity index (χ2n) is 21.1. The van der Waals surface area contributed by atoms with Gasteiger partial charge in [-0.1, -0.05) is 55.0 Å². The number of nitrogens with one attached hydrogen (secondary N) is 3. The van der Waals surface area contributed by atoms with E-state index < -0.39 is 47.9 Å². The monoisotopic (exact) mass is 1200 g/mol. The van der Waals surface area contributed by atoms with Crippen molar-refractivity contribution in [2.75, 3.05) is 35.4 Å². The van der Waals surface area contributed by atoms with Gasteiger partial charge in [-0.15, -0.1) is 0 Å². The number of hydrogen-bond donors (Lipinski definition) is 7. The number of pyridine rings is 2. The van der Waals surface area contributed by atoms with Crippen LogP contribution < -0.4 is 39.1 Å². The van der Waals surface area contributed by atoms with Crippen molar-refractivity contribution in [2.24, 2.45) is 11.5 Å². The number of halogens is 5. The van der Waals surface area contributed by atoms with Gasteiger partial charge in [0.15, 0.2) is 17.2 Å². The van der Waals surface area contributed by atoms with Crippen LogP contribution in [0.3, 0.4) is 0 Å². The molecule has 4 aromatic carbocycles. The molecule has 2 atom stereocenters. The molecule has 0 radical (unpaired) electrons. The van der Waals surface area contributed by atoms with E-state index in [1.807, 2.05) is 0 Å². The number of piperidine rings is 2. The molecule has 4 aromatic heterocycles. The van der Waals surface area contributed by atoms with Crippen molar-refractivity contribution in [1.29, 1.82) is 0 Å². The molecule has 6 heterocycles. The first kappa shape index (κ1) is 62.7. The molecule has 2 saturated heterocycles. The number of alkyl halides is 3. The number of anilines is 2. The molecule has 0 saturated carbocycles. The summed E-state index contributed by atoms with van der Waals surface area (Å²) in [7, 11) is 0. The van der Waals surface area contributed by atoms with Gasteiger partial charge in [-0.2, -0.15) is 13.2 Å². The summed E-state index contributed by atoms with van der Waals surface area (Å²) in [4.78, 5) is 91.7. The molecule has 10 rings (SSSR count). The second kappa shape index (κ2) is 27.1. The van der Waals surface area contributed by atoms with Crippen LogP contribution in [0.4, 0.5) is 38.4 Å². The van der Waals surface area contributed by atoms with E-state index in [0.717, 1.165) is 65.6 Å². The summed E-state index contributed by atoms with van der Waals surface area (Å²) < 4.78 is 65.8. The van der Waals surface area contributed by atoms with Crippen molar-refractivity contribution in [3.8, 4) is 44.8 Å². The number of carbonyl (C=O) groups is 6. The van der Waals surface area contributed by atoms with Gasteiger partial charge in [0.1, 0.15) is 46.1 Å². The number of hydrogen-bond acceptors (Lipinski definition) is 14. The summed E-state index contributed by atoms with van der Waals surface area (Å²) >= 11 is 0. The van der Waals surface area contributed by atoms with Crippen molar-refractivity contribution in [3.05, 3.63) is 180 Å². The second-order valence-corrected chi connectivity index (χ2v) is 21.1. The fourth-order valence-corrected chi connectivity index (χ4v) is 9.64. The van der Waals surface area contributed by atoms with E-state index in [0.29, 0.717) is 64.2 Å². The molecule has 0 aliphatic carbocycles. The first-order valence-electron chi connectivity index (χ1n) is 27.3. The maximum Gasteiger partial charge on any atom is 0.446 e. The highest BCUT2D eigenvalue weighted by atomic mass is 19.4. The van der Waals surface area contributed by atoms with Crippen LogP contribution >= 0.6 is 0 Å². The highest BCUT2D eigenvalue weighted by Crippen LogP contribution is 2.35. The van der Waals surface area contributed by atoms with E-state index in [-0.39, 0.29) is 40.7 Å². The minimum Gasteiger partial charge on any atom is -0.444 e. The van der Waals surface area contributed by atoms with Gasteiger partial charge in [0.25, 0.3) is 23.6 Å². The minimum absolute atomic E-state index is 0.0197. The first-order valence-corrected chi connectivity index (χ1v) is 27.3. The number of aromatic nitrogens is 6. The maximum atomic E-state index is 13.3. The lowest BCUT2D eigenvalue weighted by molar-refractivity contribution is -0.156. The van der Waals surface area contributed by atoms with Crippen molar-refractivity contribution < 1.29 is 55.5 Å². The molecule has 0 unspecified atom stereocenters. The number of primary amides is 2. The van der Waals surface area contributed by atoms with Gasteiger partial charge >= 0.3 is 12.3 Å². The summed E-state index contributed by atoms with van der Waals surface area (Å²) in [5.74, 6) is 11.3. The zero-order valence-electron chi connectivity index (χ0n) is 47.3. The molecule has 5 amide bonds. The molecule has 452 valence electrons. The average molecular weight is 1200 g/mol. The van der Waals surface area contributed by atoms with Crippen LogP contribution in [0.15, 0.2) is 134 Å². The number of imidazole rings is 2. The Bertz CT molecular complexity index is 3790. The van der Waals surface area contributed by atoms with Crippen LogP contribution in [-0.4, -0.2) is 95.1 Å². The fraction of sp³-hybridized carbons (Fsp3) is 0.246. The van der Waals surface area contributed by atoms with Crippen molar-refractivity contribution in [3.63, 3.8) is 0 Å². The summed E-state index contributed by atoms with van der Waals surface area (Å²) in [6.07, 6.45) is 2.14. The van der Waals surface area contributed by atoms with Gasteiger partial charge in [0.2, 0.25) is 6.29 Å². The lowest BCUT2D eigenvalue weighted by atomic mass is 10.0. The summed E-state index contributed by atoms with van der Waals surface area (Å²) in [6.45, 7) is 6.69. The van der Waals surface area contributed by atoms with Gasteiger partial charge < -0.3 is 43.8 Å². The molecule has 2 aliphatic heterocycles. The summed E-state index contributed by atoms with van der Waals surface area (Å²) in [5.41, 5.74) is 16.4. The number of carbonyl (C=O) groups excluding carboxylic acids is 6. The largest absolute Gasteiger partial charge is 0.446 e. The highest BCUT2D eigenvalue weighted by molar-refractivity contribution is 6.05. The van der Waals surface area contributed by atoms with E-state index in [1.54, 1.807) is 135 Å². The quantitative estimate of drug-likeness (QED) is 0.0340. The number of amides is 5. The molecule has 0 spiro atoms. The summed E-state index contributed by atoms with van der Waals surface area (Å²) in [5, 5.41) is 8.93. The van der Waals surface area contributed by atoms with Crippen molar-refractivity contribution in [1.82, 2.24) is 39.5 Å². The number of nitrogens with zero attached hydrogens (tertiary/aromatic N) is 7. The smallest absolute Gasteiger partial charge is 0.444 e.